The van der Waals surface area contributed by atoms with Gasteiger partial charge in [0.15, 0.2) is 6.29 Å². The molecule has 0 aromatic carbocycles. The second-order valence-electron chi connectivity index (χ2n) is 5.63. The molecule has 11 nitrogen and oxygen atoms in total. The molecule has 9 atom stereocenters. The van der Waals surface area contributed by atoms with Crippen molar-refractivity contribution in [3.8, 4) is 0 Å². The Bertz CT molecular complexity index is 393. The molecule has 2 fully saturated rings. The minimum atomic E-state index is -2.38. The third-order valence-corrected chi connectivity index (χ3v) is 4.01. The molecule has 2 rings (SSSR count). The van der Waals surface area contributed by atoms with Gasteiger partial charge in [0.05, 0.1) is 19.8 Å². The molecule has 0 radical (unpaired) electrons. The lowest BCUT2D eigenvalue weighted by Gasteiger charge is -2.47. The highest BCUT2D eigenvalue weighted by Crippen LogP contribution is 2.30. The monoisotopic (exact) mass is 342 g/mol. The van der Waals surface area contributed by atoms with E-state index in [0.717, 1.165) is 0 Å². The van der Waals surface area contributed by atoms with Crippen LogP contribution in [0.15, 0.2) is 0 Å². The van der Waals surface area contributed by atoms with E-state index in [0.29, 0.717) is 0 Å². The van der Waals surface area contributed by atoms with Crippen LogP contribution >= 0.6 is 0 Å². The van der Waals surface area contributed by atoms with E-state index in [1.54, 1.807) is 0 Å². The van der Waals surface area contributed by atoms with E-state index in [4.69, 9.17) is 19.3 Å². The van der Waals surface area contributed by atoms with Gasteiger partial charge in [0.25, 0.3) is 0 Å². The van der Waals surface area contributed by atoms with Crippen molar-refractivity contribution in [3.05, 3.63) is 0 Å². The number of hydrogen-bond acceptors (Lipinski definition) is 11. The number of rotatable bonds is 4. The van der Waals surface area contributed by atoms with E-state index in [2.05, 4.69) is 0 Å². The van der Waals surface area contributed by atoms with Crippen molar-refractivity contribution < 1.29 is 55.1 Å². The molecule has 23 heavy (non-hydrogen) atoms. The maximum atomic E-state index is 10.1. The van der Waals surface area contributed by atoms with Crippen molar-refractivity contribution in [1.82, 2.24) is 0 Å². The molecule has 2 saturated heterocycles. The average molecular weight is 342 g/mol. The van der Waals surface area contributed by atoms with Gasteiger partial charge >= 0.3 is 0 Å². The van der Waals surface area contributed by atoms with Gasteiger partial charge in [-0.15, -0.1) is 0 Å². The molecule has 0 amide bonds. The van der Waals surface area contributed by atoms with Crippen LogP contribution in [0.2, 0.25) is 0 Å². The predicted octanol–water partition coefficient (Wildman–Crippen LogP) is -5.40. The Balaban J connectivity index is 2.17. The van der Waals surface area contributed by atoms with Gasteiger partial charge in [0.2, 0.25) is 5.79 Å². The van der Waals surface area contributed by atoms with Gasteiger partial charge in [0, 0.05) is 0 Å². The smallest absolute Gasteiger partial charge is 0.219 e. The van der Waals surface area contributed by atoms with Crippen LogP contribution < -0.4 is 0 Å². The van der Waals surface area contributed by atoms with Crippen molar-refractivity contribution in [1.29, 1.82) is 0 Å². The lowest BCUT2D eigenvalue weighted by atomic mass is 9.96. The second kappa shape index (κ2) is 7.21. The molecule has 0 aromatic heterocycles. The summed E-state index contributed by atoms with van der Waals surface area (Å²) in [4.78, 5) is 0. The summed E-state index contributed by atoms with van der Waals surface area (Å²) < 4.78 is 15.1. The van der Waals surface area contributed by atoms with Crippen molar-refractivity contribution >= 4 is 0 Å². The van der Waals surface area contributed by atoms with Crippen molar-refractivity contribution in [2.75, 3.05) is 19.8 Å². The van der Waals surface area contributed by atoms with Crippen molar-refractivity contribution in [2.45, 2.75) is 54.8 Å². The summed E-state index contributed by atoms with van der Waals surface area (Å²) in [6.45, 7) is -2.15. The van der Waals surface area contributed by atoms with Crippen molar-refractivity contribution in [3.63, 3.8) is 0 Å². The third-order valence-electron chi connectivity index (χ3n) is 4.01. The van der Waals surface area contributed by atoms with Crippen LogP contribution in [0.3, 0.4) is 0 Å². The molecule has 11 heteroatoms. The Morgan fingerprint density at radius 1 is 0.957 bits per heavy atom. The minimum absolute atomic E-state index is 0.466. The maximum absolute atomic E-state index is 10.1. The molecular formula is C12H22O11. The number of ether oxygens (including phenoxy) is 3. The zero-order valence-corrected chi connectivity index (χ0v) is 12.0. The maximum Gasteiger partial charge on any atom is 0.219 e. The molecule has 0 aliphatic carbocycles. The lowest BCUT2D eigenvalue weighted by molar-refractivity contribution is -0.387. The first-order chi connectivity index (χ1) is 10.7. The zero-order chi connectivity index (χ0) is 17.4. The molecule has 0 aromatic rings. The van der Waals surface area contributed by atoms with Gasteiger partial charge in [-0.1, -0.05) is 0 Å². The number of hydrogen-bond donors (Lipinski definition) is 8. The molecule has 0 spiro atoms. The van der Waals surface area contributed by atoms with Crippen LogP contribution in [0.25, 0.3) is 0 Å². The first kappa shape index (κ1) is 18.9. The molecule has 0 unspecified atom stereocenters. The molecule has 8 N–H and O–H groups in total. The highest BCUT2D eigenvalue weighted by Gasteiger charge is 2.53. The Hall–Kier alpha value is -0.440. The number of aliphatic hydroxyl groups is 8. The molecule has 136 valence electrons. The highest BCUT2D eigenvalue weighted by atomic mass is 16.7. The Kier molecular flexibility index (Phi) is 5.92. The van der Waals surface area contributed by atoms with E-state index in [-0.39, 0.29) is 0 Å². The quantitative estimate of drug-likeness (QED) is 0.243. The first-order valence-electron chi connectivity index (χ1n) is 7.04. The van der Waals surface area contributed by atoms with E-state index < -0.39 is 74.6 Å². The Morgan fingerprint density at radius 2 is 1.61 bits per heavy atom. The summed E-state index contributed by atoms with van der Waals surface area (Å²) in [5.74, 6) is -2.38. The summed E-state index contributed by atoms with van der Waals surface area (Å²) in [5.41, 5.74) is 0. The van der Waals surface area contributed by atoms with Gasteiger partial charge in [-0.3, -0.25) is 0 Å². The van der Waals surface area contributed by atoms with Gasteiger partial charge in [-0.2, -0.15) is 0 Å². The molecule has 0 bridgehead atoms. The predicted molar refractivity (Wildman–Crippen MR) is 68.6 cm³/mol. The highest BCUT2D eigenvalue weighted by molar-refractivity contribution is 4.95. The Morgan fingerprint density at radius 3 is 2.17 bits per heavy atom. The first-order valence-corrected chi connectivity index (χ1v) is 7.04. The summed E-state index contributed by atoms with van der Waals surface area (Å²) in [6.07, 6.45) is -12.9. The van der Waals surface area contributed by atoms with Crippen molar-refractivity contribution in [2.24, 2.45) is 0 Å². The van der Waals surface area contributed by atoms with Gasteiger partial charge in [-0.05, 0) is 0 Å². The fraction of sp³-hybridized carbons (Fsp3) is 1.00. The summed E-state index contributed by atoms with van der Waals surface area (Å²) in [5, 5.41) is 77.2. The third kappa shape index (κ3) is 3.50. The summed E-state index contributed by atoms with van der Waals surface area (Å²) in [6, 6.07) is 0. The van der Waals surface area contributed by atoms with Gasteiger partial charge in [0.1, 0.15) is 42.7 Å². The topological polar surface area (TPSA) is 190 Å². The van der Waals surface area contributed by atoms with Crippen LogP contribution in [0.1, 0.15) is 0 Å². The van der Waals surface area contributed by atoms with Gasteiger partial charge < -0.3 is 55.1 Å². The largest absolute Gasteiger partial charge is 0.394 e. The van der Waals surface area contributed by atoms with E-state index >= 15 is 0 Å². The van der Waals surface area contributed by atoms with Crippen LogP contribution in [0.4, 0.5) is 0 Å². The molecule has 2 heterocycles. The standard InChI is InChI=1S/C12H22O11/c13-1-5-7(17)8(18)9(19)11(22-5)23-10-6(16)4(15)2-21-12(10,20)3-14/h4-11,13-20H,1-3H2/t4-,5+,6-,7-,8-,9+,10+,11-,12+/m0/s1. The number of aliphatic hydroxyl groups excluding tert-OH is 7. The summed E-state index contributed by atoms with van der Waals surface area (Å²) >= 11 is 0. The van der Waals surface area contributed by atoms with Gasteiger partial charge in [-0.25, -0.2) is 0 Å². The molecule has 2 aliphatic rings. The van der Waals surface area contributed by atoms with E-state index in [1.165, 1.54) is 0 Å². The van der Waals surface area contributed by atoms with Crippen LogP contribution in [0.5, 0.6) is 0 Å². The Labute approximate surface area is 130 Å². The van der Waals surface area contributed by atoms with E-state index in [9.17, 15) is 35.7 Å². The minimum Gasteiger partial charge on any atom is -0.394 e. The second-order valence-corrected chi connectivity index (χ2v) is 5.63. The average Bonchev–Trinajstić information content (AvgIpc) is 2.55. The fourth-order valence-electron chi connectivity index (χ4n) is 2.53. The molecule has 2 aliphatic heterocycles. The zero-order valence-electron chi connectivity index (χ0n) is 12.0. The summed E-state index contributed by atoms with van der Waals surface area (Å²) in [7, 11) is 0. The molecular weight excluding hydrogens is 320 g/mol. The van der Waals surface area contributed by atoms with Crippen LogP contribution in [-0.4, -0.2) is 115 Å². The molecule has 0 saturated carbocycles. The normalized spacial score (nSPS) is 51.7. The van der Waals surface area contributed by atoms with Crippen LogP contribution in [0, 0.1) is 0 Å². The lowest BCUT2D eigenvalue weighted by Crippen LogP contribution is -2.67. The van der Waals surface area contributed by atoms with Crippen LogP contribution in [-0.2, 0) is 14.2 Å². The van der Waals surface area contributed by atoms with E-state index in [1.807, 2.05) is 0 Å². The SMILES string of the molecule is OC[C@H]1O[C@@H](O[C@@H]2[C@@H](O)[C@@H](O)CO[C@]2(O)CO)[C@H](O)[C@@H](O)[C@H]1O. The fourth-order valence-corrected chi connectivity index (χ4v) is 2.53.